The van der Waals surface area contributed by atoms with Gasteiger partial charge in [-0.2, -0.15) is 0 Å². The van der Waals surface area contributed by atoms with E-state index in [-0.39, 0.29) is 29.8 Å². The number of anilines is 1. The summed E-state index contributed by atoms with van der Waals surface area (Å²) in [5, 5.41) is 0. The lowest BCUT2D eigenvalue weighted by atomic mass is 9.78. The molecule has 2 amide bonds. The molecule has 4 heteroatoms. The van der Waals surface area contributed by atoms with Crippen LogP contribution < -0.4 is 4.90 Å². The smallest absolute Gasteiger partial charge is 0.241 e. The highest BCUT2D eigenvalue weighted by molar-refractivity contribution is 6.23. The number of rotatable bonds is 1. The van der Waals surface area contributed by atoms with Gasteiger partial charge in [0.05, 0.1) is 29.2 Å². The third-order valence-electron chi connectivity index (χ3n) is 4.62. The number of benzene rings is 1. The van der Waals surface area contributed by atoms with E-state index in [4.69, 9.17) is 4.74 Å². The normalized spacial score (nSPS) is 37.9. The van der Waals surface area contributed by atoms with Crippen molar-refractivity contribution in [2.45, 2.75) is 25.6 Å². The maximum atomic E-state index is 12.7. The minimum absolute atomic E-state index is 0.137. The number of aryl methyl sites for hydroxylation is 1. The quantitative estimate of drug-likeness (QED) is 0.577. The monoisotopic (exact) mass is 269 g/mol. The summed E-state index contributed by atoms with van der Waals surface area (Å²) < 4.78 is 5.79. The SMILES string of the molecule is Cc1ccc(N2C(=O)[C@@H]3[C@@H](C2=O)[C@]2(C)C=C[C@H]3O2)cc1. The van der Waals surface area contributed by atoms with Gasteiger partial charge in [-0.05, 0) is 26.0 Å². The van der Waals surface area contributed by atoms with Crippen LogP contribution in [0.5, 0.6) is 0 Å². The van der Waals surface area contributed by atoms with E-state index in [9.17, 15) is 9.59 Å². The number of carbonyl (C=O) groups is 2. The molecule has 0 radical (unpaired) electrons. The Morgan fingerprint density at radius 1 is 1.15 bits per heavy atom. The number of ether oxygens (including phenoxy) is 1. The molecule has 4 rings (SSSR count). The molecule has 20 heavy (non-hydrogen) atoms. The van der Waals surface area contributed by atoms with Gasteiger partial charge in [-0.1, -0.05) is 29.8 Å². The van der Waals surface area contributed by atoms with E-state index in [1.165, 1.54) is 4.90 Å². The Balaban J connectivity index is 1.77. The fraction of sp³-hybridized carbons (Fsp3) is 0.375. The Morgan fingerprint density at radius 3 is 2.50 bits per heavy atom. The largest absolute Gasteiger partial charge is 0.362 e. The number of amides is 2. The summed E-state index contributed by atoms with van der Waals surface area (Å²) in [6.07, 6.45) is 3.57. The van der Waals surface area contributed by atoms with Gasteiger partial charge in [0.15, 0.2) is 0 Å². The van der Waals surface area contributed by atoms with Crippen LogP contribution in [0.1, 0.15) is 12.5 Å². The van der Waals surface area contributed by atoms with Crippen LogP contribution in [0, 0.1) is 18.8 Å². The van der Waals surface area contributed by atoms with Crippen LogP contribution in [0.15, 0.2) is 36.4 Å². The number of carbonyl (C=O) groups excluding carboxylic acids is 2. The third kappa shape index (κ3) is 1.29. The van der Waals surface area contributed by atoms with Crippen molar-refractivity contribution in [2.75, 3.05) is 4.90 Å². The molecule has 3 aliphatic heterocycles. The summed E-state index contributed by atoms with van der Waals surface area (Å²) in [4.78, 5) is 26.6. The highest BCUT2D eigenvalue weighted by atomic mass is 16.5. The lowest BCUT2D eigenvalue weighted by Gasteiger charge is -2.24. The Labute approximate surface area is 117 Å². The zero-order chi connectivity index (χ0) is 14.1. The molecule has 3 aliphatic rings. The Morgan fingerprint density at radius 2 is 1.85 bits per heavy atom. The molecule has 0 aromatic heterocycles. The summed E-state index contributed by atoms with van der Waals surface area (Å²) in [6, 6.07) is 7.47. The molecular formula is C16H15NO3. The minimum Gasteiger partial charge on any atom is -0.362 e. The predicted octanol–water partition coefficient (Wildman–Crippen LogP) is 1.83. The molecule has 0 saturated carbocycles. The van der Waals surface area contributed by atoms with Gasteiger partial charge in [-0.3, -0.25) is 9.59 Å². The van der Waals surface area contributed by atoms with Crippen molar-refractivity contribution < 1.29 is 14.3 Å². The third-order valence-corrected chi connectivity index (χ3v) is 4.62. The van der Waals surface area contributed by atoms with Gasteiger partial charge in [0, 0.05) is 0 Å². The first-order valence-electron chi connectivity index (χ1n) is 6.83. The minimum atomic E-state index is -0.623. The van der Waals surface area contributed by atoms with E-state index < -0.39 is 5.60 Å². The van der Waals surface area contributed by atoms with Gasteiger partial charge in [0.2, 0.25) is 11.8 Å². The van der Waals surface area contributed by atoms with Crippen LogP contribution in [-0.4, -0.2) is 23.5 Å². The molecule has 1 aromatic carbocycles. The molecule has 0 spiro atoms. The molecule has 4 nitrogen and oxygen atoms in total. The average Bonchev–Trinajstić information content (AvgIpc) is 3.01. The van der Waals surface area contributed by atoms with Crippen molar-refractivity contribution in [3.8, 4) is 0 Å². The van der Waals surface area contributed by atoms with Crippen molar-refractivity contribution in [3.63, 3.8) is 0 Å². The first kappa shape index (κ1) is 11.9. The van der Waals surface area contributed by atoms with Crippen molar-refractivity contribution in [1.82, 2.24) is 0 Å². The molecule has 2 fully saturated rings. The van der Waals surface area contributed by atoms with Crippen LogP contribution in [0.25, 0.3) is 0 Å². The van der Waals surface area contributed by atoms with Gasteiger partial charge < -0.3 is 4.74 Å². The summed E-state index contributed by atoms with van der Waals surface area (Å²) in [5.74, 6) is -1.02. The molecule has 0 aliphatic carbocycles. The summed E-state index contributed by atoms with van der Waals surface area (Å²) in [6.45, 7) is 3.86. The summed E-state index contributed by atoms with van der Waals surface area (Å²) in [5.41, 5.74) is 1.13. The second-order valence-corrected chi connectivity index (χ2v) is 5.98. The van der Waals surface area contributed by atoms with Gasteiger partial charge in [-0.25, -0.2) is 4.90 Å². The molecule has 0 N–H and O–H groups in total. The number of nitrogens with zero attached hydrogens (tertiary/aromatic N) is 1. The van der Waals surface area contributed by atoms with Crippen molar-refractivity contribution >= 4 is 17.5 Å². The lowest BCUT2D eigenvalue weighted by molar-refractivity contribution is -0.126. The molecule has 2 bridgehead atoms. The van der Waals surface area contributed by atoms with Crippen molar-refractivity contribution in [1.29, 1.82) is 0 Å². The maximum Gasteiger partial charge on any atom is 0.241 e. The second kappa shape index (κ2) is 3.58. The fourth-order valence-electron chi connectivity index (χ4n) is 3.60. The highest BCUT2D eigenvalue weighted by Gasteiger charge is 2.65. The molecule has 4 atom stereocenters. The molecule has 3 heterocycles. The maximum absolute atomic E-state index is 12.7. The first-order valence-corrected chi connectivity index (χ1v) is 6.83. The zero-order valence-electron chi connectivity index (χ0n) is 11.4. The van der Waals surface area contributed by atoms with Crippen LogP contribution >= 0.6 is 0 Å². The van der Waals surface area contributed by atoms with Gasteiger partial charge in [0.25, 0.3) is 0 Å². The molecular weight excluding hydrogens is 254 g/mol. The Kier molecular flexibility index (Phi) is 2.12. The highest BCUT2D eigenvalue weighted by Crippen LogP contribution is 2.52. The van der Waals surface area contributed by atoms with E-state index in [0.717, 1.165) is 5.56 Å². The van der Waals surface area contributed by atoms with Crippen LogP contribution in [0.2, 0.25) is 0 Å². The first-order chi connectivity index (χ1) is 9.51. The number of hydrogen-bond donors (Lipinski definition) is 0. The van der Waals surface area contributed by atoms with E-state index in [2.05, 4.69) is 0 Å². The summed E-state index contributed by atoms with van der Waals surface area (Å²) in [7, 11) is 0. The van der Waals surface area contributed by atoms with E-state index in [0.29, 0.717) is 5.69 Å². The second-order valence-electron chi connectivity index (χ2n) is 5.98. The van der Waals surface area contributed by atoms with E-state index in [1.807, 2.05) is 50.3 Å². The van der Waals surface area contributed by atoms with Crippen LogP contribution in [0.4, 0.5) is 5.69 Å². The molecule has 102 valence electrons. The standard InChI is InChI=1S/C16H15NO3/c1-9-3-5-10(6-4-9)17-14(18)12-11-7-8-16(2,20-11)13(12)15(17)19/h3-8,11-13H,1-2H3/t11-,12+,13+,16+/m1/s1. The predicted molar refractivity (Wildman–Crippen MR) is 73.1 cm³/mol. The Bertz CT molecular complexity index is 648. The molecule has 2 saturated heterocycles. The number of imide groups is 1. The van der Waals surface area contributed by atoms with Crippen molar-refractivity contribution in [3.05, 3.63) is 42.0 Å². The van der Waals surface area contributed by atoms with Crippen molar-refractivity contribution in [2.24, 2.45) is 11.8 Å². The van der Waals surface area contributed by atoms with E-state index in [1.54, 1.807) is 0 Å². The van der Waals surface area contributed by atoms with Gasteiger partial charge in [0.1, 0.15) is 0 Å². The number of fused-ring (bicyclic) bond motifs is 5. The van der Waals surface area contributed by atoms with Gasteiger partial charge >= 0.3 is 0 Å². The fourth-order valence-corrected chi connectivity index (χ4v) is 3.60. The molecule has 1 aromatic rings. The van der Waals surface area contributed by atoms with Gasteiger partial charge in [-0.15, -0.1) is 0 Å². The Hall–Kier alpha value is -1.94. The molecule has 0 unspecified atom stereocenters. The van der Waals surface area contributed by atoms with E-state index >= 15 is 0 Å². The topological polar surface area (TPSA) is 46.6 Å². The number of hydrogen-bond acceptors (Lipinski definition) is 3. The van der Waals surface area contributed by atoms with Crippen LogP contribution in [-0.2, 0) is 14.3 Å². The average molecular weight is 269 g/mol. The van der Waals surface area contributed by atoms with Crippen LogP contribution in [0.3, 0.4) is 0 Å². The lowest BCUT2D eigenvalue weighted by Crippen LogP contribution is -2.38. The summed E-state index contributed by atoms with van der Waals surface area (Å²) >= 11 is 0. The zero-order valence-corrected chi connectivity index (χ0v) is 11.4.